The van der Waals surface area contributed by atoms with Crippen LogP contribution in [0.15, 0.2) is 48.5 Å². The molecule has 0 unspecified atom stereocenters. The van der Waals surface area contributed by atoms with E-state index in [0.717, 1.165) is 17.0 Å². The maximum Gasteiger partial charge on any atom is 0.335 e. The van der Waals surface area contributed by atoms with Crippen LogP contribution >= 0.6 is 0 Å². The second-order valence-corrected chi connectivity index (χ2v) is 6.91. The van der Waals surface area contributed by atoms with E-state index in [2.05, 4.69) is 13.8 Å². The number of ether oxygens (including phenoxy) is 2. The number of methoxy groups -OCH3 is 2. The molecular formula is C22H24N2O4. The van der Waals surface area contributed by atoms with Gasteiger partial charge in [-0.3, -0.25) is 4.68 Å². The van der Waals surface area contributed by atoms with Gasteiger partial charge in [0, 0.05) is 17.7 Å². The zero-order chi connectivity index (χ0) is 20.3. The maximum absolute atomic E-state index is 11.4. The lowest BCUT2D eigenvalue weighted by Gasteiger charge is -2.12. The monoisotopic (exact) mass is 380 g/mol. The molecule has 3 aromatic rings. The smallest absolute Gasteiger partial charge is 0.335 e. The molecule has 146 valence electrons. The number of carboxylic acids is 1. The van der Waals surface area contributed by atoms with Gasteiger partial charge in [-0.2, -0.15) is 5.10 Å². The summed E-state index contributed by atoms with van der Waals surface area (Å²) in [6.45, 7) is 4.96. The Morgan fingerprint density at radius 1 is 1.04 bits per heavy atom. The van der Waals surface area contributed by atoms with Crippen LogP contribution in [0, 0.1) is 5.92 Å². The van der Waals surface area contributed by atoms with Crippen molar-refractivity contribution in [2.45, 2.75) is 20.4 Å². The highest BCUT2D eigenvalue weighted by Crippen LogP contribution is 2.36. The number of hydrogen-bond donors (Lipinski definition) is 1. The van der Waals surface area contributed by atoms with Crippen molar-refractivity contribution in [3.8, 4) is 34.0 Å². The molecule has 0 fully saturated rings. The summed E-state index contributed by atoms with van der Waals surface area (Å²) in [5.41, 5.74) is 3.32. The molecule has 1 heterocycles. The molecule has 0 bridgehead atoms. The van der Waals surface area contributed by atoms with Gasteiger partial charge in [0.25, 0.3) is 0 Å². The number of rotatable bonds is 7. The van der Waals surface area contributed by atoms with Gasteiger partial charge in [0.2, 0.25) is 0 Å². The number of carbonyl (C=O) groups is 1. The zero-order valence-corrected chi connectivity index (χ0v) is 16.5. The minimum absolute atomic E-state index is 0.188. The fraction of sp³-hybridized carbons (Fsp3) is 0.273. The lowest BCUT2D eigenvalue weighted by molar-refractivity contribution is 0.0697. The van der Waals surface area contributed by atoms with Crippen molar-refractivity contribution in [2.24, 2.45) is 5.92 Å². The van der Waals surface area contributed by atoms with Gasteiger partial charge in [-0.15, -0.1) is 0 Å². The molecule has 1 N–H and O–H groups in total. The van der Waals surface area contributed by atoms with E-state index in [1.807, 2.05) is 35.0 Å². The molecule has 28 heavy (non-hydrogen) atoms. The standard InChI is InChI=1S/C22H24N2O4/c1-14(2)13-24-19(16-7-5-6-8-20(16)27-3)12-18(23-24)17-11-15(22(25)26)9-10-21(17)28-4/h5-12,14H,13H2,1-4H3,(H,25,26). The van der Waals surface area contributed by atoms with Crippen molar-refractivity contribution in [1.29, 1.82) is 0 Å². The van der Waals surface area contributed by atoms with Gasteiger partial charge >= 0.3 is 5.97 Å². The summed E-state index contributed by atoms with van der Waals surface area (Å²) in [6, 6.07) is 14.5. The van der Waals surface area contributed by atoms with Gasteiger partial charge in [-0.1, -0.05) is 26.0 Å². The number of aromatic nitrogens is 2. The highest BCUT2D eigenvalue weighted by molar-refractivity contribution is 5.90. The average Bonchev–Trinajstić information content (AvgIpc) is 3.09. The summed E-state index contributed by atoms with van der Waals surface area (Å²) in [4.78, 5) is 11.4. The van der Waals surface area contributed by atoms with Crippen LogP contribution in [0.4, 0.5) is 0 Å². The van der Waals surface area contributed by atoms with Crippen molar-refractivity contribution in [1.82, 2.24) is 9.78 Å². The Morgan fingerprint density at radius 2 is 1.71 bits per heavy atom. The highest BCUT2D eigenvalue weighted by Gasteiger charge is 2.19. The first-order valence-corrected chi connectivity index (χ1v) is 9.07. The summed E-state index contributed by atoms with van der Waals surface area (Å²) in [6.07, 6.45) is 0. The lowest BCUT2D eigenvalue weighted by atomic mass is 10.0. The predicted molar refractivity (Wildman–Crippen MR) is 108 cm³/mol. The molecule has 0 radical (unpaired) electrons. The molecule has 0 saturated carbocycles. The Labute approximate surface area is 164 Å². The van der Waals surface area contributed by atoms with Crippen molar-refractivity contribution < 1.29 is 19.4 Å². The molecule has 0 atom stereocenters. The van der Waals surface area contributed by atoms with Gasteiger partial charge in [0.1, 0.15) is 11.5 Å². The van der Waals surface area contributed by atoms with Gasteiger partial charge < -0.3 is 14.6 Å². The normalized spacial score (nSPS) is 10.9. The van der Waals surface area contributed by atoms with Gasteiger partial charge in [0.15, 0.2) is 0 Å². The van der Waals surface area contributed by atoms with Crippen molar-refractivity contribution in [3.63, 3.8) is 0 Å². The summed E-state index contributed by atoms with van der Waals surface area (Å²) >= 11 is 0. The SMILES string of the molecule is COc1ccc(C(=O)O)cc1-c1cc(-c2ccccc2OC)n(CC(C)C)n1. The van der Waals surface area contributed by atoms with Gasteiger partial charge in [-0.05, 0) is 42.3 Å². The van der Waals surface area contributed by atoms with E-state index in [-0.39, 0.29) is 5.56 Å². The van der Waals surface area contributed by atoms with Crippen LogP contribution in [0.5, 0.6) is 11.5 Å². The fourth-order valence-electron chi connectivity index (χ4n) is 3.15. The van der Waals surface area contributed by atoms with Crippen LogP contribution in [0.2, 0.25) is 0 Å². The largest absolute Gasteiger partial charge is 0.496 e. The Hall–Kier alpha value is -3.28. The van der Waals surface area contributed by atoms with Crippen LogP contribution in [0.1, 0.15) is 24.2 Å². The molecule has 0 spiro atoms. The fourth-order valence-corrected chi connectivity index (χ4v) is 3.15. The number of nitrogens with zero attached hydrogens (tertiary/aromatic N) is 2. The van der Waals surface area contributed by atoms with Gasteiger partial charge in [-0.25, -0.2) is 4.79 Å². The summed E-state index contributed by atoms with van der Waals surface area (Å²) < 4.78 is 12.9. The van der Waals surface area contributed by atoms with E-state index in [1.165, 1.54) is 6.07 Å². The van der Waals surface area contributed by atoms with Crippen molar-refractivity contribution in [2.75, 3.05) is 14.2 Å². The van der Waals surface area contributed by atoms with E-state index in [4.69, 9.17) is 14.6 Å². The van der Waals surface area contributed by atoms with E-state index < -0.39 is 5.97 Å². The number of hydrogen-bond acceptors (Lipinski definition) is 4. The summed E-state index contributed by atoms with van der Waals surface area (Å²) in [7, 11) is 3.20. The van der Waals surface area contributed by atoms with Crippen LogP contribution in [-0.4, -0.2) is 35.1 Å². The first-order chi connectivity index (χ1) is 13.4. The van der Waals surface area contributed by atoms with Crippen molar-refractivity contribution in [3.05, 3.63) is 54.1 Å². The summed E-state index contributed by atoms with van der Waals surface area (Å²) in [5, 5.41) is 14.1. The Bertz CT molecular complexity index is 992. The molecule has 2 aromatic carbocycles. The Balaban J connectivity index is 2.20. The van der Waals surface area contributed by atoms with Crippen molar-refractivity contribution >= 4 is 5.97 Å². The molecule has 6 nitrogen and oxygen atoms in total. The third-order valence-corrected chi connectivity index (χ3v) is 4.42. The van der Waals surface area contributed by atoms with Crippen LogP contribution < -0.4 is 9.47 Å². The molecule has 0 aliphatic carbocycles. The summed E-state index contributed by atoms with van der Waals surface area (Å²) in [5.74, 6) is 0.722. The first-order valence-electron chi connectivity index (χ1n) is 9.07. The van der Waals surface area contributed by atoms with E-state index in [1.54, 1.807) is 26.4 Å². The zero-order valence-electron chi connectivity index (χ0n) is 16.5. The van der Waals surface area contributed by atoms with Gasteiger partial charge in [0.05, 0.1) is 31.2 Å². The molecule has 6 heteroatoms. The number of benzene rings is 2. The molecule has 0 aliphatic heterocycles. The minimum Gasteiger partial charge on any atom is -0.496 e. The molecule has 0 saturated heterocycles. The van der Waals surface area contributed by atoms with E-state index >= 15 is 0 Å². The first kappa shape index (κ1) is 19.5. The van der Waals surface area contributed by atoms with E-state index in [9.17, 15) is 9.90 Å². The quantitative estimate of drug-likeness (QED) is 0.649. The molecular weight excluding hydrogens is 356 g/mol. The molecule has 1 aromatic heterocycles. The van der Waals surface area contributed by atoms with Crippen LogP contribution in [0.25, 0.3) is 22.5 Å². The highest BCUT2D eigenvalue weighted by atomic mass is 16.5. The Kier molecular flexibility index (Phi) is 5.68. The second kappa shape index (κ2) is 8.17. The third kappa shape index (κ3) is 3.86. The predicted octanol–water partition coefficient (Wildman–Crippen LogP) is 4.59. The number of aromatic carboxylic acids is 1. The molecule has 3 rings (SSSR count). The molecule has 0 aliphatic rings. The number of carboxylic acid groups (broad SMARTS) is 1. The van der Waals surface area contributed by atoms with E-state index in [0.29, 0.717) is 29.5 Å². The second-order valence-electron chi connectivity index (χ2n) is 6.91. The lowest BCUT2D eigenvalue weighted by Crippen LogP contribution is -2.08. The average molecular weight is 380 g/mol. The minimum atomic E-state index is -0.990. The number of para-hydroxylation sites is 1. The topological polar surface area (TPSA) is 73.6 Å². The maximum atomic E-state index is 11.4. The molecule has 0 amide bonds. The Morgan fingerprint density at radius 3 is 2.36 bits per heavy atom. The van der Waals surface area contributed by atoms with Crippen LogP contribution in [-0.2, 0) is 6.54 Å². The van der Waals surface area contributed by atoms with Crippen LogP contribution in [0.3, 0.4) is 0 Å². The third-order valence-electron chi connectivity index (χ3n) is 4.42.